The molecule has 1 heterocycles. The van der Waals surface area contributed by atoms with Crippen molar-refractivity contribution in [3.05, 3.63) is 94.7 Å². The van der Waals surface area contributed by atoms with Crippen molar-refractivity contribution < 1.29 is 18.5 Å². The minimum atomic E-state index is -1.19. The Balaban J connectivity index is 2.64. The van der Waals surface area contributed by atoms with Gasteiger partial charge in [0.1, 0.15) is 5.83 Å². The average Bonchev–Trinajstić information content (AvgIpc) is 2.86. The van der Waals surface area contributed by atoms with Crippen LogP contribution in [0.25, 0.3) is 0 Å². The van der Waals surface area contributed by atoms with Gasteiger partial charge in [0.25, 0.3) is 0 Å². The maximum Gasteiger partial charge on any atom is 0.150 e. The summed E-state index contributed by atoms with van der Waals surface area (Å²) in [4.78, 5) is 20.6. The summed E-state index contributed by atoms with van der Waals surface area (Å²) < 4.78 is 27.5. The zero-order chi connectivity index (χ0) is 30.9. The van der Waals surface area contributed by atoms with Crippen molar-refractivity contribution in [1.82, 2.24) is 9.80 Å². The van der Waals surface area contributed by atoms with E-state index < -0.39 is 22.2 Å². The quantitative estimate of drug-likeness (QED) is 0.136. The highest BCUT2D eigenvalue weighted by molar-refractivity contribution is 7.84. The lowest BCUT2D eigenvalue weighted by Gasteiger charge is -2.43. The lowest BCUT2D eigenvalue weighted by atomic mass is 9.93. The van der Waals surface area contributed by atoms with E-state index in [2.05, 4.69) is 23.6 Å². The average molecular weight is 583 g/mol. The van der Waals surface area contributed by atoms with Crippen molar-refractivity contribution in [2.75, 3.05) is 45.3 Å². The van der Waals surface area contributed by atoms with Crippen molar-refractivity contribution in [2.24, 2.45) is 4.99 Å². The molecule has 1 aliphatic heterocycles. The molecule has 222 valence electrons. The second-order valence-electron chi connectivity index (χ2n) is 10.9. The third-order valence-corrected chi connectivity index (χ3v) is 7.56. The molecule has 1 aromatic rings. The molecule has 41 heavy (non-hydrogen) atoms. The number of hydrogen-bond acceptors (Lipinski definition) is 7. The number of likely N-dealkylation sites (N-methyl/N-ethyl adjacent to an activating group) is 1. The molecule has 1 unspecified atom stereocenters. The number of likely N-dealkylation sites (tertiary alicyclic amines) is 1. The number of halogens is 1. The molecule has 1 fully saturated rings. The second kappa shape index (κ2) is 15.0. The molecular formula is C32H43FN4O3S. The molecule has 7 nitrogen and oxygen atoms in total. The fourth-order valence-electron chi connectivity index (χ4n) is 4.62. The van der Waals surface area contributed by atoms with Crippen molar-refractivity contribution in [1.29, 1.82) is 0 Å². The highest BCUT2D eigenvalue weighted by atomic mass is 32.2. The van der Waals surface area contributed by atoms with E-state index in [4.69, 9.17) is 0 Å². The molecule has 2 rings (SSSR count). The van der Waals surface area contributed by atoms with Crippen LogP contribution in [0.5, 0.6) is 0 Å². The number of β-amino-alcohol motifs (C(OH)–C–C–N with tert-alkyl or cyclic N) is 1. The molecule has 0 saturated carbocycles. The van der Waals surface area contributed by atoms with E-state index in [-0.39, 0.29) is 12.6 Å². The zero-order valence-corrected chi connectivity index (χ0v) is 26.0. The summed E-state index contributed by atoms with van der Waals surface area (Å²) in [7, 11) is 2.46. The fraction of sp³-hybridized carbons (Fsp3) is 0.375. The second-order valence-corrected chi connectivity index (χ2v) is 12.2. The number of anilines is 1. The first-order valence-electron chi connectivity index (χ1n) is 13.3. The molecule has 9 heteroatoms. The van der Waals surface area contributed by atoms with Gasteiger partial charge in [-0.3, -0.25) is 18.9 Å². The van der Waals surface area contributed by atoms with Crippen molar-refractivity contribution in [3.8, 4) is 0 Å². The highest BCUT2D eigenvalue weighted by Gasteiger charge is 2.36. The minimum absolute atomic E-state index is 0.0569. The first kappa shape index (κ1) is 33.8. The SMILES string of the molecule is C=N/C=C(\C=C(\F)CN1CC(C)(O)C1)C(=C/C(C(/C=O)=C\C(=C)C)=C(/C)[C@@H](C)Nc1ccccc1S(C)=O)/N(C)C. The molecule has 0 aromatic heterocycles. The van der Waals surface area contributed by atoms with E-state index in [1.54, 1.807) is 26.2 Å². The lowest BCUT2D eigenvalue weighted by Crippen LogP contribution is -2.59. The zero-order valence-electron chi connectivity index (χ0n) is 25.2. The molecule has 1 aromatic carbocycles. The number of nitrogens with zero attached hydrogens (tertiary/aromatic N) is 3. The number of aldehydes is 1. The highest BCUT2D eigenvalue weighted by Crippen LogP contribution is 2.28. The van der Waals surface area contributed by atoms with Crippen LogP contribution in [0, 0.1) is 0 Å². The fourth-order valence-corrected chi connectivity index (χ4v) is 5.32. The Labute approximate surface area is 246 Å². The first-order chi connectivity index (χ1) is 19.2. The van der Waals surface area contributed by atoms with Gasteiger partial charge in [0.05, 0.1) is 33.5 Å². The van der Waals surface area contributed by atoms with Crippen LogP contribution < -0.4 is 5.32 Å². The Morgan fingerprint density at radius 3 is 2.39 bits per heavy atom. The molecule has 2 N–H and O–H groups in total. The van der Waals surface area contributed by atoms with Gasteiger partial charge in [0, 0.05) is 62.5 Å². The van der Waals surface area contributed by atoms with Gasteiger partial charge in [0.2, 0.25) is 0 Å². The molecule has 0 amide bonds. The summed E-state index contributed by atoms with van der Waals surface area (Å²) in [6.45, 7) is 15.8. The Kier molecular flexibility index (Phi) is 12.4. The summed E-state index contributed by atoms with van der Waals surface area (Å²) in [6.07, 6.45) is 8.82. The largest absolute Gasteiger partial charge is 0.388 e. The summed E-state index contributed by atoms with van der Waals surface area (Å²) in [5.41, 5.74) is 3.58. The van der Waals surface area contributed by atoms with Gasteiger partial charge in [-0.2, -0.15) is 0 Å². The van der Waals surface area contributed by atoms with Crippen LogP contribution in [0.3, 0.4) is 0 Å². The first-order valence-corrected chi connectivity index (χ1v) is 14.8. The third-order valence-electron chi connectivity index (χ3n) is 6.59. The van der Waals surface area contributed by atoms with E-state index in [0.717, 1.165) is 17.5 Å². The number of hydrogen-bond donors (Lipinski definition) is 2. The van der Waals surface area contributed by atoms with Crippen molar-refractivity contribution in [2.45, 2.75) is 44.2 Å². The molecule has 1 saturated heterocycles. The summed E-state index contributed by atoms with van der Waals surface area (Å²) >= 11 is 0. The van der Waals surface area contributed by atoms with Crippen LogP contribution in [-0.2, 0) is 15.6 Å². The molecule has 0 spiro atoms. The molecular weight excluding hydrogens is 539 g/mol. The van der Waals surface area contributed by atoms with Gasteiger partial charge >= 0.3 is 0 Å². The maximum absolute atomic E-state index is 15.2. The van der Waals surface area contributed by atoms with Gasteiger partial charge in [0.15, 0.2) is 6.29 Å². The summed E-state index contributed by atoms with van der Waals surface area (Å²) in [5.74, 6) is -0.391. The van der Waals surface area contributed by atoms with Crippen molar-refractivity contribution in [3.63, 3.8) is 0 Å². The van der Waals surface area contributed by atoms with Gasteiger partial charge in [-0.05, 0) is 75.9 Å². The molecule has 1 aliphatic rings. The molecule has 2 atom stereocenters. The van der Waals surface area contributed by atoms with Gasteiger partial charge in [-0.15, -0.1) is 0 Å². The van der Waals surface area contributed by atoms with Crippen LogP contribution in [0.15, 0.2) is 105 Å². The number of rotatable bonds is 14. The number of para-hydroxylation sites is 1. The van der Waals surface area contributed by atoms with E-state index in [9.17, 15) is 14.1 Å². The summed E-state index contributed by atoms with van der Waals surface area (Å²) in [5, 5.41) is 13.4. The minimum Gasteiger partial charge on any atom is -0.388 e. The van der Waals surface area contributed by atoms with Gasteiger partial charge in [-0.25, -0.2) is 4.39 Å². The third kappa shape index (κ3) is 9.88. The number of nitrogens with one attached hydrogen (secondary N) is 1. The van der Waals surface area contributed by atoms with Gasteiger partial charge in [-0.1, -0.05) is 24.3 Å². The number of aliphatic imine (C=N–C) groups is 1. The van der Waals surface area contributed by atoms with E-state index in [0.29, 0.717) is 46.0 Å². The Bertz CT molecular complexity index is 1330. The van der Waals surface area contributed by atoms with E-state index in [1.165, 1.54) is 12.3 Å². The van der Waals surface area contributed by atoms with Crippen LogP contribution in [-0.4, -0.2) is 83.7 Å². The number of carbonyl (C=O) groups is 1. The smallest absolute Gasteiger partial charge is 0.150 e. The van der Waals surface area contributed by atoms with E-state index in [1.807, 2.05) is 68.1 Å². The Hall–Kier alpha value is -3.40. The monoisotopic (exact) mass is 582 g/mol. The molecule has 0 radical (unpaired) electrons. The normalized spacial score (nSPS) is 18.6. The molecule has 0 aliphatic carbocycles. The van der Waals surface area contributed by atoms with Crippen LogP contribution >= 0.6 is 0 Å². The predicted octanol–water partition coefficient (Wildman–Crippen LogP) is 5.19. The Morgan fingerprint density at radius 2 is 1.88 bits per heavy atom. The topological polar surface area (TPSA) is 85.2 Å². The van der Waals surface area contributed by atoms with Crippen LogP contribution in [0.2, 0.25) is 0 Å². The molecule has 0 bridgehead atoms. The number of carbonyl (C=O) groups excluding carboxylic acids is 1. The lowest BCUT2D eigenvalue weighted by molar-refractivity contribution is -0.104. The number of allylic oxidation sites excluding steroid dienone is 6. The van der Waals surface area contributed by atoms with Gasteiger partial charge < -0.3 is 15.3 Å². The van der Waals surface area contributed by atoms with Crippen molar-refractivity contribution >= 4 is 29.5 Å². The van der Waals surface area contributed by atoms with Crippen LogP contribution in [0.4, 0.5) is 10.1 Å². The predicted molar refractivity (Wildman–Crippen MR) is 169 cm³/mol. The summed E-state index contributed by atoms with van der Waals surface area (Å²) in [6, 6.07) is 7.13. The van der Waals surface area contributed by atoms with Crippen LogP contribution in [0.1, 0.15) is 27.7 Å². The number of aliphatic hydroxyl groups is 1. The maximum atomic E-state index is 15.2. The Morgan fingerprint density at radius 1 is 1.24 bits per heavy atom. The standard InChI is InChI=1S/C32H43FN4O3S/c1-22(2)14-26(19-38)28(23(3)24(4)35-29-12-10-11-13-31(29)41(9)40)16-30(36(7)8)25(17-34-6)15-27(33)18-37-20-32(5,39)21-37/h10-17,19,24,35,39H,1,6,18,20-21H2,2-5,7-9H3/b25-17+,26-14-,27-15+,28-23+,30-16-/t24-,41?/m1/s1. The van der Waals surface area contributed by atoms with E-state index >= 15 is 4.39 Å². The number of benzene rings is 1.